The zero-order valence-electron chi connectivity index (χ0n) is 18.5. The minimum Gasteiger partial charge on any atom is -0.494 e. The third kappa shape index (κ3) is 5.20. The molecule has 0 radical (unpaired) electrons. The fraction of sp³-hybridized carbons (Fsp3) is 0.200. The Bertz CT molecular complexity index is 1200. The van der Waals surface area contributed by atoms with Gasteiger partial charge in [0, 0.05) is 34.8 Å². The van der Waals surface area contributed by atoms with Crippen molar-refractivity contribution in [2.24, 2.45) is 0 Å². The van der Waals surface area contributed by atoms with Crippen molar-refractivity contribution in [3.63, 3.8) is 0 Å². The fourth-order valence-electron chi connectivity index (χ4n) is 3.78. The van der Waals surface area contributed by atoms with Gasteiger partial charge in [0.1, 0.15) is 11.8 Å². The summed E-state index contributed by atoms with van der Waals surface area (Å²) in [5.74, 6) is 0.134. The molecule has 1 N–H and O–H groups in total. The highest BCUT2D eigenvalue weighted by atomic mass is 32.2. The monoisotopic (exact) mass is 477 g/mol. The van der Waals surface area contributed by atoms with Crippen LogP contribution in [-0.4, -0.2) is 34.0 Å². The summed E-state index contributed by atoms with van der Waals surface area (Å²) in [7, 11) is 0. The molecule has 1 atom stereocenters. The van der Waals surface area contributed by atoms with E-state index in [2.05, 4.69) is 5.32 Å². The number of nitrogens with one attached hydrogen (secondary N) is 1. The van der Waals surface area contributed by atoms with Crippen LogP contribution >= 0.6 is 11.8 Å². The van der Waals surface area contributed by atoms with Gasteiger partial charge in [0.25, 0.3) is 11.6 Å². The number of hydrogen-bond donors (Lipinski definition) is 1. The Hall–Kier alpha value is -3.85. The summed E-state index contributed by atoms with van der Waals surface area (Å²) in [5, 5.41) is 14.3. The second-order valence-corrected chi connectivity index (χ2v) is 8.64. The summed E-state index contributed by atoms with van der Waals surface area (Å²) in [5.41, 5.74) is 1.69. The first-order valence-corrected chi connectivity index (χ1v) is 11.7. The number of nitro benzene ring substituents is 1. The van der Waals surface area contributed by atoms with E-state index in [0.29, 0.717) is 28.5 Å². The third-order valence-corrected chi connectivity index (χ3v) is 6.43. The maximum absolute atomic E-state index is 13.6. The van der Waals surface area contributed by atoms with Crippen LogP contribution in [0, 0.1) is 10.1 Å². The molecular formula is C25H23N3O5S. The molecule has 3 aromatic carbocycles. The highest BCUT2D eigenvalue weighted by molar-refractivity contribution is 8.00. The first kappa shape index (κ1) is 23.3. The summed E-state index contributed by atoms with van der Waals surface area (Å²) < 4.78 is 5.45. The number of thioether (sulfide) groups is 1. The number of benzene rings is 3. The van der Waals surface area contributed by atoms with Gasteiger partial charge in [-0.15, -0.1) is 11.8 Å². The van der Waals surface area contributed by atoms with E-state index < -0.39 is 16.9 Å². The molecule has 1 aliphatic rings. The molecule has 0 bridgehead atoms. The maximum Gasteiger partial charge on any atom is 0.269 e. The lowest BCUT2D eigenvalue weighted by molar-refractivity contribution is -0.385. The van der Waals surface area contributed by atoms with Crippen LogP contribution in [-0.2, 0) is 16.1 Å². The van der Waals surface area contributed by atoms with E-state index >= 15 is 0 Å². The van der Waals surface area contributed by atoms with Gasteiger partial charge in [-0.25, -0.2) is 0 Å². The van der Waals surface area contributed by atoms with Crippen molar-refractivity contribution in [2.45, 2.75) is 24.4 Å². The number of fused-ring (bicyclic) bond motifs is 1. The molecule has 0 aromatic heterocycles. The van der Waals surface area contributed by atoms with Crippen LogP contribution in [0.1, 0.15) is 24.1 Å². The molecule has 174 valence electrons. The number of non-ortho nitro benzene ring substituents is 1. The van der Waals surface area contributed by atoms with Crippen LogP contribution in [0.15, 0.2) is 77.7 Å². The Morgan fingerprint density at radius 3 is 2.56 bits per heavy atom. The van der Waals surface area contributed by atoms with E-state index in [4.69, 9.17) is 4.74 Å². The van der Waals surface area contributed by atoms with Gasteiger partial charge in [0.15, 0.2) is 0 Å². The van der Waals surface area contributed by atoms with E-state index in [0.717, 1.165) is 5.56 Å². The van der Waals surface area contributed by atoms with Crippen LogP contribution in [0.5, 0.6) is 5.75 Å². The van der Waals surface area contributed by atoms with Crippen molar-refractivity contribution in [3.05, 3.63) is 94.0 Å². The van der Waals surface area contributed by atoms with Gasteiger partial charge in [-0.05, 0) is 42.8 Å². The summed E-state index contributed by atoms with van der Waals surface area (Å²) in [6, 6.07) is 19.6. The number of nitro groups is 1. The normalized spacial score (nSPS) is 15.3. The molecule has 8 nitrogen and oxygen atoms in total. The Balaban J connectivity index is 1.73. The van der Waals surface area contributed by atoms with Gasteiger partial charge >= 0.3 is 0 Å². The zero-order valence-corrected chi connectivity index (χ0v) is 19.3. The number of carbonyl (C=O) groups is 2. The van der Waals surface area contributed by atoms with Crippen LogP contribution < -0.4 is 10.1 Å². The van der Waals surface area contributed by atoms with Crippen molar-refractivity contribution in [1.82, 2.24) is 4.90 Å². The van der Waals surface area contributed by atoms with E-state index in [1.807, 2.05) is 37.3 Å². The molecule has 4 rings (SSSR count). The van der Waals surface area contributed by atoms with E-state index in [9.17, 15) is 19.7 Å². The summed E-state index contributed by atoms with van der Waals surface area (Å²) in [6.45, 7) is 2.61. The largest absolute Gasteiger partial charge is 0.494 e. The topological polar surface area (TPSA) is 102 Å². The van der Waals surface area contributed by atoms with Gasteiger partial charge in [-0.1, -0.05) is 30.3 Å². The second kappa shape index (κ2) is 10.4. The minimum absolute atomic E-state index is 0.129. The number of ether oxygens (including phenoxy) is 1. The molecule has 0 saturated heterocycles. The molecule has 3 aromatic rings. The van der Waals surface area contributed by atoms with Gasteiger partial charge in [-0.2, -0.15) is 0 Å². The number of rotatable bonds is 7. The molecule has 1 unspecified atom stereocenters. The molecule has 2 amide bonds. The maximum atomic E-state index is 13.6. The standard InChI is InChI=1S/C25H23N3O5S/c1-2-33-20-11-8-18(9-12-20)26-25(30)24-21-14-19(28(31)32)10-13-22(21)34-16-23(29)27(24)15-17-6-4-3-5-7-17/h3-14,24H,2,15-16H2,1H3,(H,26,30). The number of anilines is 1. The number of hydrogen-bond acceptors (Lipinski definition) is 6. The predicted octanol–water partition coefficient (Wildman–Crippen LogP) is 4.81. The van der Waals surface area contributed by atoms with Crippen LogP contribution in [0.4, 0.5) is 11.4 Å². The molecule has 9 heteroatoms. The highest BCUT2D eigenvalue weighted by Gasteiger charge is 2.36. The Kier molecular flexibility index (Phi) is 7.12. The van der Waals surface area contributed by atoms with Crippen LogP contribution in [0.25, 0.3) is 0 Å². The average Bonchev–Trinajstić information content (AvgIpc) is 2.97. The second-order valence-electron chi connectivity index (χ2n) is 7.62. The lowest BCUT2D eigenvalue weighted by atomic mass is 10.0. The molecular weight excluding hydrogens is 454 g/mol. The summed E-state index contributed by atoms with van der Waals surface area (Å²) in [6.07, 6.45) is 0. The minimum atomic E-state index is -1.04. The molecule has 1 aliphatic heterocycles. The van der Waals surface area contributed by atoms with Gasteiger partial charge in [0.05, 0.1) is 17.3 Å². The van der Waals surface area contributed by atoms with Crippen LogP contribution in [0.2, 0.25) is 0 Å². The smallest absolute Gasteiger partial charge is 0.269 e. The van der Waals surface area contributed by atoms with Gasteiger partial charge in [0.2, 0.25) is 5.91 Å². The third-order valence-electron chi connectivity index (χ3n) is 5.36. The molecule has 34 heavy (non-hydrogen) atoms. The first-order chi connectivity index (χ1) is 16.5. The van der Waals surface area contributed by atoms with Gasteiger partial charge in [-0.3, -0.25) is 19.7 Å². The predicted molar refractivity (Wildman–Crippen MR) is 130 cm³/mol. The average molecular weight is 478 g/mol. The molecule has 0 fully saturated rings. The lowest BCUT2D eigenvalue weighted by Gasteiger charge is -2.30. The van der Waals surface area contributed by atoms with Crippen molar-refractivity contribution < 1.29 is 19.2 Å². The van der Waals surface area contributed by atoms with E-state index in [1.165, 1.54) is 28.8 Å². The molecule has 0 spiro atoms. The molecule has 1 heterocycles. The number of amides is 2. The van der Waals surface area contributed by atoms with Crippen molar-refractivity contribution >= 4 is 35.0 Å². The SMILES string of the molecule is CCOc1ccc(NC(=O)C2c3cc([N+](=O)[O-])ccc3SCC(=O)N2Cc2ccccc2)cc1. The fourth-order valence-corrected chi connectivity index (χ4v) is 4.73. The van der Waals surface area contributed by atoms with E-state index in [-0.39, 0.29) is 23.9 Å². The van der Waals surface area contributed by atoms with Crippen molar-refractivity contribution in [3.8, 4) is 5.75 Å². The molecule has 0 saturated carbocycles. The Labute approximate surface area is 201 Å². The Morgan fingerprint density at radius 2 is 1.88 bits per heavy atom. The summed E-state index contributed by atoms with van der Waals surface area (Å²) >= 11 is 1.28. The summed E-state index contributed by atoms with van der Waals surface area (Å²) in [4.78, 5) is 39.9. The van der Waals surface area contributed by atoms with E-state index in [1.54, 1.807) is 30.3 Å². The number of carbonyl (C=O) groups excluding carboxylic acids is 2. The zero-order chi connectivity index (χ0) is 24.1. The van der Waals surface area contributed by atoms with Crippen LogP contribution in [0.3, 0.4) is 0 Å². The Morgan fingerprint density at radius 1 is 1.15 bits per heavy atom. The van der Waals surface area contributed by atoms with Crippen molar-refractivity contribution in [1.29, 1.82) is 0 Å². The highest BCUT2D eigenvalue weighted by Crippen LogP contribution is 2.38. The quantitative estimate of drug-likeness (QED) is 0.387. The number of nitrogens with zero attached hydrogens (tertiary/aromatic N) is 2. The molecule has 0 aliphatic carbocycles. The first-order valence-electron chi connectivity index (χ1n) is 10.7. The van der Waals surface area contributed by atoms with Crippen molar-refractivity contribution in [2.75, 3.05) is 17.7 Å². The lowest BCUT2D eigenvalue weighted by Crippen LogP contribution is -2.40. The van der Waals surface area contributed by atoms with Gasteiger partial charge < -0.3 is 15.0 Å².